The van der Waals surface area contributed by atoms with Crippen LogP contribution in [0.3, 0.4) is 0 Å². The van der Waals surface area contributed by atoms with Gasteiger partial charge in [0, 0.05) is 44.9 Å². The van der Waals surface area contributed by atoms with Crippen molar-refractivity contribution in [2.24, 2.45) is 5.92 Å². The molecule has 0 aliphatic carbocycles. The lowest BCUT2D eigenvalue weighted by Crippen LogP contribution is -2.43. The van der Waals surface area contributed by atoms with Crippen molar-refractivity contribution in [2.75, 3.05) is 26.3 Å². The molecule has 2 aromatic rings. The molecule has 8 nitrogen and oxygen atoms in total. The minimum atomic E-state index is -0.176. The summed E-state index contributed by atoms with van der Waals surface area (Å²) in [6.07, 6.45) is 7.32. The quantitative estimate of drug-likeness (QED) is 0.830. The number of nitrogens with one attached hydrogen (secondary N) is 1. The monoisotopic (exact) mass is 397 g/mol. The van der Waals surface area contributed by atoms with Crippen LogP contribution in [0, 0.1) is 12.8 Å². The first-order valence-electron chi connectivity index (χ1n) is 10.2. The van der Waals surface area contributed by atoms with Crippen LogP contribution in [0.4, 0.5) is 0 Å². The highest BCUT2D eigenvalue weighted by atomic mass is 16.5. The molecule has 4 rings (SSSR count). The third kappa shape index (κ3) is 4.64. The molecule has 2 aliphatic rings. The summed E-state index contributed by atoms with van der Waals surface area (Å²) < 4.78 is 7.25. The molecule has 1 saturated heterocycles. The van der Waals surface area contributed by atoms with Crippen molar-refractivity contribution in [3.05, 3.63) is 47.5 Å². The number of carbonyl (C=O) groups excluding carboxylic acids is 2. The van der Waals surface area contributed by atoms with E-state index in [4.69, 9.17) is 4.74 Å². The fraction of sp³-hybridized carbons (Fsp3) is 0.524. The summed E-state index contributed by atoms with van der Waals surface area (Å²) in [5.74, 6) is 0.405. The van der Waals surface area contributed by atoms with E-state index in [9.17, 15) is 9.59 Å². The van der Waals surface area contributed by atoms with Gasteiger partial charge in [-0.1, -0.05) is 0 Å². The predicted molar refractivity (Wildman–Crippen MR) is 106 cm³/mol. The normalized spacial score (nSPS) is 19.6. The zero-order valence-electron chi connectivity index (χ0n) is 16.7. The second-order valence-corrected chi connectivity index (χ2v) is 7.92. The van der Waals surface area contributed by atoms with Crippen molar-refractivity contribution in [1.29, 1.82) is 0 Å². The number of aromatic nitrogens is 3. The fourth-order valence-electron chi connectivity index (χ4n) is 4.04. The highest BCUT2D eigenvalue weighted by Crippen LogP contribution is 2.24. The van der Waals surface area contributed by atoms with Crippen molar-refractivity contribution in [1.82, 2.24) is 25.0 Å². The molecular formula is C21H27N5O3. The Morgan fingerprint density at radius 3 is 2.90 bits per heavy atom. The number of hydrogen-bond donors (Lipinski definition) is 1. The minimum Gasteiger partial charge on any atom is -0.381 e. The number of pyridine rings is 1. The van der Waals surface area contributed by atoms with E-state index in [0.717, 1.165) is 37.3 Å². The minimum absolute atomic E-state index is 0.00513. The van der Waals surface area contributed by atoms with E-state index in [0.29, 0.717) is 37.5 Å². The Kier molecular flexibility index (Phi) is 5.89. The second kappa shape index (κ2) is 8.73. The van der Waals surface area contributed by atoms with Gasteiger partial charge in [-0.2, -0.15) is 5.10 Å². The molecule has 8 heteroatoms. The maximum Gasteiger partial charge on any atom is 0.255 e. The van der Waals surface area contributed by atoms with Crippen LogP contribution in [0.5, 0.6) is 0 Å². The van der Waals surface area contributed by atoms with Crippen LogP contribution in [-0.2, 0) is 16.1 Å². The van der Waals surface area contributed by atoms with Crippen LogP contribution in [-0.4, -0.2) is 57.8 Å². The van der Waals surface area contributed by atoms with Gasteiger partial charge in [0.1, 0.15) is 0 Å². The zero-order valence-corrected chi connectivity index (χ0v) is 16.7. The Morgan fingerprint density at radius 2 is 2.10 bits per heavy atom. The molecule has 2 aliphatic heterocycles. The average molecular weight is 397 g/mol. The molecule has 0 radical (unpaired) electrons. The number of nitrogens with zero attached hydrogens (tertiary/aromatic N) is 4. The maximum atomic E-state index is 13.0. The van der Waals surface area contributed by atoms with E-state index < -0.39 is 0 Å². The van der Waals surface area contributed by atoms with Gasteiger partial charge in [0.2, 0.25) is 5.91 Å². The summed E-state index contributed by atoms with van der Waals surface area (Å²) >= 11 is 0. The van der Waals surface area contributed by atoms with Gasteiger partial charge in [-0.05, 0) is 43.4 Å². The Balaban J connectivity index is 1.41. The van der Waals surface area contributed by atoms with Crippen LogP contribution in [0.25, 0.3) is 0 Å². The predicted octanol–water partition coefficient (Wildman–Crippen LogP) is 1.72. The van der Waals surface area contributed by atoms with Gasteiger partial charge in [-0.3, -0.25) is 19.3 Å². The van der Waals surface area contributed by atoms with Crippen LogP contribution in [0.1, 0.15) is 46.9 Å². The average Bonchev–Trinajstić information content (AvgIpc) is 3.21. The molecule has 4 heterocycles. The summed E-state index contributed by atoms with van der Waals surface area (Å²) in [6, 6.07) is 3.57. The molecule has 154 valence electrons. The molecule has 0 spiro atoms. The van der Waals surface area contributed by atoms with Crippen molar-refractivity contribution < 1.29 is 14.3 Å². The Bertz CT molecular complexity index is 875. The van der Waals surface area contributed by atoms with Gasteiger partial charge in [-0.15, -0.1) is 0 Å². The first-order valence-corrected chi connectivity index (χ1v) is 10.2. The van der Waals surface area contributed by atoms with Crippen molar-refractivity contribution in [3.8, 4) is 0 Å². The maximum absolute atomic E-state index is 13.0. The van der Waals surface area contributed by atoms with Crippen molar-refractivity contribution in [2.45, 2.75) is 38.8 Å². The number of fused-ring (bicyclic) bond motifs is 1. The fourth-order valence-corrected chi connectivity index (χ4v) is 4.04. The van der Waals surface area contributed by atoms with Gasteiger partial charge in [-0.25, -0.2) is 0 Å². The summed E-state index contributed by atoms with van der Waals surface area (Å²) in [6.45, 7) is 5.06. The largest absolute Gasteiger partial charge is 0.381 e. The van der Waals surface area contributed by atoms with E-state index >= 15 is 0 Å². The van der Waals surface area contributed by atoms with Gasteiger partial charge in [0.25, 0.3) is 5.91 Å². The zero-order chi connectivity index (χ0) is 20.2. The molecule has 0 saturated carbocycles. The van der Waals surface area contributed by atoms with Gasteiger partial charge in [0.15, 0.2) is 0 Å². The van der Waals surface area contributed by atoms with Crippen LogP contribution in [0.2, 0.25) is 0 Å². The SMILES string of the molecule is Cc1cncc(C(=O)N2Cc3ccnn3C(CC(=O)NCC3CCOCC3)C2)c1. The van der Waals surface area contributed by atoms with Gasteiger partial charge in [0.05, 0.1) is 30.3 Å². The van der Waals surface area contributed by atoms with E-state index in [1.165, 1.54) is 0 Å². The number of amides is 2. The molecular weight excluding hydrogens is 370 g/mol. The van der Waals surface area contributed by atoms with Crippen LogP contribution < -0.4 is 5.32 Å². The van der Waals surface area contributed by atoms with Gasteiger partial charge < -0.3 is 15.0 Å². The van der Waals surface area contributed by atoms with Crippen LogP contribution >= 0.6 is 0 Å². The summed E-state index contributed by atoms with van der Waals surface area (Å²) in [5, 5.41) is 7.45. The number of hydrogen-bond acceptors (Lipinski definition) is 5. The topological polar surface area (TPSA) is 89.4 Å². The number of ether oxygens (including phenoxy) is 1. The molecule has 1 fully saturated rings. The number of aryl methyl sites for hydroxylation is 1. The van der Waals surface area contributed by atoms with Crippen LogP contribution in [0.15, 0.2) is 30.7 Å². The first-order chi connectivity index (χ1) is 14.1. The van der Waals surface area contributed by atoms with E-state index in [1.54, 1.807) is 23.5 Å². The molecule has 2 amide bonds. The highest BCUT2D eigenvalue weighted by molar-refractivity contribution is 5.94. The molecule has 29 heavy (non-hydrogen) atoms. The molecule has 0 aromatic carbocycles. The third-order valence-corrected chi connectivity index (χ3v) is 5.64. The van der Waals surface area contributed by atoms with Gasteiger partial charge >= 0.3 is 0 Å². The summed E-state index contributed by atoms with van der Waals surface area (Å²) in [7, 11) is 0. The lowest BCUT2D eigenvalue weighted by atomic mass is 10.0. The van der Waals surface area contributed by atoms with E-state index in [1.807, 2.05) is 23.7 Å². The Morgan fingerprint density at radius 1 is 1.28 bits per heavy atom. The molecule has 1 unspecified atom stereocenters. The van der Waals surface area contributed by atoms with Crippen molar-refractivity contribution >= 4 is 11.8 Å². The molecule has 1 N–H and O–H groups in total. The molecule has 1 atom stereocenters. The standard InChI is InChI=1S/C21H27N5O3/c1-15-8-17(12-22-10-15)21(28)25-13-18-2-5-24-26(18)19(14-25)9-20(27)23-11-16-3-6-29-7-4-16/h2,5,8,10,12,16,19H,3-4,6-7,9,11,13-14H2,1H3,(H,23,27). The van der Waals surface area contributed by atoms with E-state index in [-0.39, 0.29) is 17.9 Å². The Hall–Kier alpha value is -2.74. The Labute approximate surface area is 170 Å². The lowest BCUT2D eigenvalue weighted by Gasteiger charge is -2.34. The summed E-state index contributed by atoms with van der Waals surface area (Å²) in [4.78, 5) is 31.5. The number of rotatable bonds is 5. The second-order valence-electron chi connectivity index (χ2n) is 7.92. The highest BCUT2D eigenvalue weighted by Gasteiger charge is 2.30. The molecule has 0 bridgehead atoms. The van der Waals surface area contributed by atoms with E-state index in [2.05, 4.69) is 15.4 Å². The smallest absolute Gasteiger partial charge is 0.255 e. The third-order valence-electron chi connectivity index (χ3n) is 5.64. The summed E-state index contributed by atoms with van der Waals surface area (Å²) in [5.41, 5.74) is 2.45. The first kappa shape index (κ1) is 19.6. The van der Waals surface area contributed by atoms with Crippen molar-refractivity contribution in [3.63, 3.8) is 0 Å². The molecule has 2 aromatic heterocycles. The lowest BCUT2D eigenvalue weighted by molar-refractivity contribution is -0.122. The number of carbonyl (C=O) groups is 2.